The van der Waals surface area contributed by atoms with Crippen LogP contribution in [0.4, 0.5) is 4.39 Å². The summed E-state index contributed by atoms with van der Waals surface area (Å²) in [5.41, 5.74) is -1.51. The van der Waals surface area contributed by atoms with Crippen LogP contribution in [0.1, 0.15) is 15.9 Å². The number of hydrogen-bond acceptors (Lipinski definition) is 8. The third-order valence-corrected chi connectivity index (χ3v) is 6.88. The predicted octanol–water partition coefficient (Wildman–Crippen LogP) is 0.619. The van der Waals surface area contributed by atoms with Gasteiger partial charge in [0.05, 0.1) is 16.2 Å². The molecule has 1 aromatic carbocycles. The van der Waals surface area contributed by atoms with Crippen LogP contribution in [0.5, 0.6) is 5.75 Å². The molecule has 0 unspecified atom stereocenters. The topological polar surface area (TPSA) is 152 Å². The van der Waals surface area contributed by atoms with E-state index < -0.39 is 54.0 Å². The van der Waals surface area contributed by atoms with Gasteiger partial charge in [-0.2, -0.15) is 0 Å². The highest BCUT2D eigenvalue weighted by molar-refractivity contribution is 7.91. The number of carbonyl (C=O) groups excluding carboxylic acids is 1. The average Bonchev–Trinajstić information content (AvgIpc) is 2.71. The molecule has 0 fully saturated rings. The fourth-order valence-electron chi connectivity index (χ4n) is 3.23. The molecule has 0 radical (unpaired) electrons. The van der Waals surface area contributed by atoms with Crippen molar-refractivity contribution >= 4 is 36.6 Å². The molecule has 1 amide bonds. The molecule has 3 rings (SSSR count). The number of aromatic hydroxyl groups is 1. The van der Waals surface area contributed by atoms with Crippen molar-refractivity contribution in [3.63, 3.8) is 0 Å². The number of aryl methyl sites for hydroxylation is 1. The molecule has 0 saturated carbocycles. The smallest absolute Gasteiger partial charge is 0.267 e. The van der Waals surface area contributed by atoms with E-state index >= 15 is 0 Å². The number of carbonyl (C=O) groups is 1. The van der Waals surface area contributed by atoms with E-state index in [2.05, 4.69) is 10.3 Å². The fraction of sp³-hybridized carbons (Fsp3) is 0.250. The third kappa shape index (κ3) is 5.37. The fourth-order valence-corrected chi connectivity index (χ4v) is 4.69. The Morgan fingerprint density at radius 3 is 2.52 bits per heavy atom. The van der Waals surface area contributed by atoms with Crippen LogP contribution in [0.25, 0.3) is 11.0 Å². The van der Waals surface area contributed by atoms with Gasteiger partial charge >= 0.3 is 0 Å². The monoisotopic (exact) mass is 497 g/mol. The molecule has 10 nitrogen and oxygen atoms in total. The lowest BCUT2D eigenvalue weighted by molar-refractivity contribution is 0.0946. The van der Waals surface area contributed by atoms with Crippen molar-refractivity contribution in [1.82, 2.24) is 14.9 Å². The minimum absolute atomic E-state index is 0.0723. The second kappa shape index (κ2) is 8.90. The first-order chi connectivity index (χ1) is 15.3. The number of rotatable bonds is 7. The molecule has 13 heteroatoms. The summed E-state index contributed by atoms with van der Waals surface area (Å²) in [6.07, 6.45) is 3.20. The first kappa shape index (κ1) is 24.3. The number of nitrogens with zero attached hydrogens (tertiary/aromatic N) is 2. The third-order valence-electron chi connectivity index (χ3n) is 4.78. The number of fused-ring (bicyclic) bond motifs is 1. The van der Waals surface area contributed by atoms with E-state index in [9.17, 15) is 35.9 Å². The molecule has 0 aliphatic heterocycles. The van der Waals surface area contributed by atoms with Crippen LogP contribution in [-0.2, 0) is 32.8 Å². The second-order valence-electron chi connectivity index (χ2n) is 7.39. The van der Waals surface area contributed by atoms with Crippen molar-refractivity contribution in [1.29, 1.82) is 0 Å². The van der Waals surface area contributed by atoms with E-state index in [4.69, 9.17) is 0 Å². The van der Waals surface area contributed by atoms with Crippen LogP contribution in [0, 0.1) is 5.82 Å². The molecule has 0 bridgehead atoms. The van der Waals surface area contributed by atoms with Crippen LogP contribution in [0.2, 0.25) is 0 Å². The first-order valence-electron chi connectivity index (χ1n) is 9.44. The van der Waals surface area contributed by atoms with Gasteiger partial charge in [0.15, 0.2) is 15.6 Å². The van der Waals surface area contributed by atoms with Crippen molar-refractivity contribution in [2.45, 2.75) is 18.0 Å². The van der Waals surface area contributed by atoms with Gasteiger partial charge in [0.2, 0.25) is 0 Å². The number of sulfone groups is 2. The van der Waals surface area contributed by atoms with Gasteiger partial charge in [0.25, 0.3) is 11.5 Å². The van der Waals surface area contributed by atoms with Crippen LogP contribution in [-0.4, -0.2) is 55.7 Å². The first-order valence-corrected chi connectivity index (χ1v) is 13.4. The van der Waals surface area contributed by atoms with Gasteiger partial charge in [0, 0.05) is 31.8 Å². The number of halogens is 1. The van der Waals surface area contributed by atoms with E-state index in [0.29, 0.717) is 0 Å². The Bertz CT molecular complexity index is 1530. The molecule has 0 spiro atoms. The minimum Gasteiger partial charge on any atom is -0.505 e. The second-order valence-corrected chi connectivity index (χ2v) is 11.6. The lowest BCUT2D eigenvalue weighted by atomic mass is 10.1. The Labute approximate surface area is 188 Å². The van der Waals surface area contributed by atoms with Crippen molar-refractivity contribution in [3.05, 3.63) is 63.8 Å². The maximum atomic E-state index is 13.5. The molecule has 2 heterocycles. The Hall–Kier alpha value is -3.32. The summed E-state index contributed by atoms with van der Waals surface area (Å²) < 4.78 is 61.6. The largest absolute Gasteiger partial charge is 0.505 e. The van der Waals surface area contributed by atoms with Gasteiger partial charge in [-0.1, -0.05) is 6.07 Å². The Morgan fingerprint density at radius 1 is 1.18 bits per heavy atom. The summed E-state index contributed by atoms with van der Waals surface area (Å²) in [4.78, 5) is 29.5. The highest BCUT2D eigenvalue weighted by Gasteiger charge is 2.24. The zero-order valence-corrected chi connectivity index (χ0v) is 19.2. The molecule has 33 heavy (non-hydrogen) atoms. The Kier molecular flexibility index (Phi) is 6.56. The molecule has 0 aliphatic carbocycles. The van der Waals surface area contributed by atoms with Crippen LogP contribution < -0.4 is 10.9 Å². The summed E-state index contributed by atoms with van der Waals surface area (Å²) in [6.45, 7) is -0.666. The van der Waals surface area contributed by atoms with Crippen LogP contribution in [0.3, 0.4) is 0 Å². The molecule has 2 N–H and O–H groups in total. The maximum Gasteiger partial charge on any atom is 0.267 e. The van der Waals surface area contributed by atoms with Crippen LogP contribution >= 0.6 is 0 Å². The number of benzene rings is 1. The van der Waals surface area contributed by atoms with Gasteiger partial charge in [-0.05, 0) is 29.8 Å². The zero-order chi connectivity index (χ0) is 24.6. The zero-order valence-electron chi connectivity index (χ0n) is 17.6. The summed E-state index contributed by atoms with van der Waals surface area (Å²) in [7, 11) is -7.27. The summed E-state index contributed by atoms with van der Waals surface area (Å²) in [5.74, 6) is -2.92. The number of aromatic nitrogens is 2. The molecular formula is C20H20FN3O7S2. The molecule has 176 valence electrons. The predicted molar refractivity (Wildman–Crippen MR) is 118 cm³/mol. The summed E-state index contributed by atoms with van der Waals surface area (Å²) in [5, 5.41) is 12.9. The SMILES string of the molecule is CS(=O)(=O)CCn1c(=O)c(C(=O)NCc2ccc(F)cc2S(C)(=O)=O)c(O)c2ncccc21. The molecule has 0 saturated heterocycles. The van der Waals surface area contributed by atoms with Gasteiger partial charge in [0.1, 0.15) is 26.7 Å². The number of nitrogens with one attached hydrogen (secondary N) is 1. The van der Waals surface area contributed by atoms with Gasteiger partial charge < -0.3 is 15.0 Å². The number of amides is 1. The van der Waals surface area contributed by atoms with E-state index in [1.807, 2.05) is 0 Å². The lowest BCUT2D eigenvalue weighted by Crippen LogP contribution is -2.34. The number of pyridine rings is 2. The highest BCUT2D eigenvalue weighted by atomic mass is 32.2. The highest BCUT2D eigenvalue weighted by Crippen LogP contribution is 2.24. The van der Waals surface area contributed by atoms with Gasteiger partial charge in [-0.25, -0.2) is 21.2 Å². The molecule has 0 aliphatic rings. The summed E-state index contributed by atoms with van der Waals surface area (Å²) in [6, 6.07) is 5.94. The molecular weight excluding hydrogens is 477 g/mol. The number of hydrogen-bond donors (Lipinski definition) is 2. The lowest BCUT2D eigenvalue weighted by Gasteiger charge is -2.14. The van der Waals surface area contributed by atoms with E-state index in [1.54, 1.807) is 0 Å². The van der Waals surface area contributed by atoms with Gasteiger partial charge in [-0.3, -0.25) is 14.6 Å². The Balaban J connectivity index is 2.04. The quantitative estimate of drug-likeness (QED) is 0.482. The van der Waals surface area contributed by atoms with Crippen molar-refractivity contribution in [2.75, 3.05) is 18.3 Å². The van der Waals surface area contributed by atoms with Crippen molar-refractivity contribution in [2.24, 2.45) is 0 Å². The van der Waals surface area contributed by atoms with Crippen LogP contribution in [0.15, 0.2) is 46.2 Å². The van der Waals surface area contributed by atoms with E-state index in [1.165, 1.54) is 24.4 Å². The van der Waals surface area contributed by atoms with E-state index in [0.717, 1.165) is 29.2 Å². The standard InChI is InChI=1S/C20H20FN3O7S2/c1-32(28,29)9-8-24-14-4-3-7-22-17(14)18(25)16(20(24)27)19(26)23-11-12-5-6-13(21)10-15(12)33(2,30)31/h3-7,10,25H,8-9,11H2,1-2H3,(H,23,26). The van der Waals surface area contributed by atoms with Gasteiger partial charge in [-0.15, -0.1) is 0 Å². The van der Waals surface area contributed by atoms with Crippen molar-refractivity contribution < 1.29 is 31.1 Å². The minimum atomic E-state index is -3.82. The normalized spacial score (nSPS) is 12.1. The molecule has 2 aromatic heterocycles. The molecule has 3 aromatic rings. The average molecular weight is 498 g/mol. The summed E-state index contributed by atoms with van der Waals surface area (Å²) >= 11 is 0. The van der Waals surface area contributed by atoms with Crippen molar-refractivity contribution in [3.8, 4) is 5.75 Å². The van der Waals surface area contributed by atoms with E-state index in [-0.39, 0.29) is 34.6 Å². The maximum absolute atomic E-state index is 13.5. The molecule has 0 atom stereocenters. The Morgan fingerprint density at radius 2 is 1.88 bits per heavy atom.